The SMILES string of the molecule is Cc1noc([C@@H]2CN(C(=O)Nc3ccc(F)cc3)CC23CCOCC3)n1. The number of benzene rings is 1. The minimum Gasteiger partial charge on any atom is -0.381 e. The Kier molecular flexibility index (Phi) is 4.36. The highest BCUT2D eigenvalue weighted by Gasteiger charge is 2.51. The molecule has 1 aromatic carbocycles. The van der Waals surface area contributed by atoms with Crippen LogP contribution in [0.25, 0.3) is 0 Å². The standard InChI is InChI=1S/C18H21FN4O3/c1-12-20-16(26-22-12)15-10-23(11-18(15)6-8-25-9-7-18)17(24)21-14-4-2-13(19)3-5-14/h2-5,15H,6-11H2,1H3,(H,21,24)/t15-/m0/s1. The number of aryl methyl sites for hydroxylation is 1. The van der Waals surface area contributed by atoms with Crippen molar-refractivity contribution in [1.82, 2.24) is 15.0 Å². The molecule has 8 heteroatoms. The van der Waals surface area contributed by atoms with E-state index in [2.05, 4.69) is 15.5 Å². The number of hydrogen-bond acceptors (Lipinski definition) is 5. The lowest BCUT2D eigenvalue weighted by Crippen LogP contribution is -2.38. The first kappa shape index (κ1) is 17.0. The van der Waals surface area contributed by atoms with Gasteiger partial charge in [0.1, 0.15) is 5.82 Å². The molecule has 26 heavy (non-hydrogen) atoms. The molecule has 2 amide bonds. The maximum Gasteiger partial charge on any atom is 0.321 e. The highest BCUT2D eigenvalue weighted by molar-refractivity contribution is 5.89. The third-order valence-electron chi connectivity index (χ3n) is 5.36. The van der Waals surface area contributed by atoms with Crippen molar-refractivity contribution in [1.29, 1.82) is 0 Å². The molecule has 1 spiro atoms. The van der Waals surface area contributed by atoms with Gasteiger partial charge < -0.3 is 19.5 Å². The molecular weight excluding hydrogens is 339 g/mol. The van der Waals surface area contributed by atoms with Crippen LogP contribution in [0.15, 0.2) is 28.8 Å². The largest absolute Gasteiger partial charge is 0.381 e. The van der Waals surface area contributed by atoms with Crippen molar-refractivity contribution in [2.45, 2.75) is 25.7 Å². The third-order valence-corrected chi connectivity index (χ3v) is 5.36. The van der Waals surface area contributed by atoms with E-state index in [0.29, 0.717) is 43.7 Å². The van der Waals surface area contributed by atoms with Gasteiger partial charge >= 0.3 is 6.03 Å². The summed E-state index contributed by atoms with van der Waals surface area (Å²) in [5.41, 5.74) is 0.451. The topological polar surface area (TPSA) is 80.5 Å². The Morgan fingerprint density at radius 3 is 2.69 bits per heavy atom. The van der Waals surface area contributed by atoms with Crippen LogP contribution in [0.1, 0.15) is 30.5 Å². The second-order valence-electron chi connectivity index (χ2n) is 7.02. The van der Waals surface area contributed by atoms with Crippen LogP contribution in [0.4, 0.5) is 14.9 Å². The number of urea groups is 1. The highest BCUT2D eigenvalue weighted by atomic mass is 19.1. The van der Waals surface area contributed by atoms with E-state index in [1.54, 1.807) is 24.0 Å². The van der Waals surface area contributed by atoms with Gasteiger partial charge in [-0.3, -0.25) is 0 Å². The van der Waals surface area contributed by atoms with Crippen LogP contribution >= 0.6 is 0 Å². The summed E-state index contributed by atoms with van der Waals surface area (Å²) in [5, 5.41) is 6.75. The molecule has 0 radical (unpaired) electrons. The molecule has 0 saturated carbocycles. The van der Waals surface area contributed by atoms with Gasteiger partial charge in [0.25, 0.3) is 0 Å². The fourth-order valence-electron chi connectivity index (χ4n) is 3.94. The van der Waals surface area contributed by atoms with Crippen LogP contribution in [0.5, 0.6) is 0 Å². The monoisotopic (exact) mass is 360 g/mol. The van der Waals surface area contributed by atoms with Crippen molar-refractivity contribution in [2.75, 3.05) is 31.6 Å². The molecule has 0 unspecified atom stereocenters. The molecule has 2 aliphatic heterocycles. The van der Waals surface area contributed by atoms with Crippen molar-refractivity contribution in [3.8, 4) is 0 Å². The van der Waals surface area contributed by atoms with Crippen molar-refractivity contribution in [3.63, 3.8) is 0 Å². The summed E-state index contributed by atoms with van der Waals surface area (Å²) in [6, 6.07) is 5.53. The minimum atomic E-state index is -0.336. The zero-order valence-electron chi connectivity index (χ0n) is 14.6. The Morgan fingerprint density at radius 1 is 1.31 bits per heavy atom. The van der Waals surface area contributed by atoms with Crippen LogP contribution < -0.4 is 5.32 Å². The number of anilines is 1. The molecule has 3 heterocycles. The third kappa shape index (κ3) is 3.16. The van der Waals surface area contributed by atoms with Gasteiger partial charge in [0.15, 0.2) is 5.82 Å². The first-order valence-corrected chi connectivity index (χ1v) is 8.75. The van der Waals surface area contributed by atoms with E-state index in [1.807, 2.05) is 0 Å². The average molecular weight is 360 g/mol. The van der Waals surface area contributed by atoms with E-state index in [9.17, 15) is 9.18 Å². The van der Waals surface area contributed by atoms with E-state index in [-0.39, 0.29) is 23.2 Å². The summed E-state index contributed by atoms with van der Waals surface area (Å²) in [7, 11) is 0. The molecule has 138 valence electrons. The van der Waals surface area contributed by atoms with Crippen molar-refractivity contribution >= 4 is 11.7 Å². The minimum absolute atomic E-state index is 0.00781. The molecule has 0 aliphatic carbocycles. The molecule has 2 saturated heterocycles. The quantitative estimate of drug-likeness (QED) is 0.891. The molecule has 1 aromatic heterocycles. The molecule has 1 atom stereocenters. The summed E-state index contributed by atoms with van der Waals surface area (Å²) >= 11 is 0. The lowest BCUT2D eigenvalue weighted by molar-refractivity contribution is 0.00959. The number of hydrogen-bond donors (Lipinski definition) is 1. The predicted molar refractivity (Wildman–Crippen MR) is 91.3 cm³/mol. The number of halogens is 1. The van der Waals surface area contributed by atoms with E-state index < -0.39 is 0 Å². The molecule has 7 nitrogen and oxygen atoms in total. The van der Waals surface area contributed by atoms with Gasteiger partial charge in [-0.25, -0.2) is 9.18 Å². The Hall–Kier alpha value is -2.48. The first-order chi connectivity index (χ1) is 12.6. The fraction of sp³-hybridized carbons (Fsp3) is 0.500. The van der Waals surface area contributed by atoms with Gasteiger partial charge in [0.2, 0.25) is 5.89 Å². The number of amides is 2. The lowest BCUT2D eigenvalue weighted by Gasteiger charge is -2.36. The van der Waals surface area contributed by atoms with E-state index in [4.69, 9.17) is 9.26 Å². The van der Waals surface area contributed by atoms with Gasteiger partial charge in [-0.05, 0) is 44.0 Å². The highest BCUT2D eigenvalue weighted by Crippen LogP contribution is 2.49. The van der Waals surface area contributed by atoms with E-state index in [0.717, 1.165) is 12.8 Å². The van der Waals surface area contributed by atoms with Gasteiger partial charge in [-0.2, -0.15) is 4.98 Å². The number of ether oxygens (including phenoxy) is 1. The average Bonchev–Trinajstić information content (AvgIpc) is 3.22. The van der Waals surface area contributed by atoms with Crippen molar-refractivity contribution < 1.29 is 18.4 Å². The number of likely N-dealkylation sites (tertiary alicyclic amines) is 1. The summed E-state index contributed by atoms with van der Waals surface area (Å²) in [6.45, 7) is 4.23. The Bertz CT molecular complexity index is 786. The Balaban J connectivity index is 1.54. The van der Waals surface area contributed by atoms with Gasteiger partial charge in [-0.1, -0.05) is 5.16 Å². The van der Waals surface area contributed by atoms with Crippen molar-refractivity contribution in [3.05, 3.63) is 41.8 Å². The molecule has 1 N–H and O–H groups in total. The molecule has 0 bridgehead atoms. The second-order valence-corrected chi connectivity index (χ2v) is 7.02. The van der Waals surface area contributed by atoms with Gasteiger partial charge in [-0.15, -0.1) is 0 Å². The number of carbonyl (C=O) groups excluding carboxylic acids is 1. The van der Waals surface area contributed by atoms with Crippen LogP contribution in [-0.4, -0.2) is 47.4 Å². The molecule has 2 aromatic rings. The smallest absolute Gasteiger partial charge is 0.321 e. The number of nitrogens with one attached hydrogen (secondary N) is 1. The Labute approximate surface area is 150 Å². The molecule has 2 aliphatic rings. The van der Waals surface area contributed by atoms with E-state index >= 15 is 0 Å². The first-order valence-electron chi connectivity index (χ1n) is 8.75. The fourth-order valence-corrected chi connectivity index (χ4v) is 3.94. The zero-order valence-corrected chi connectivity index (χ0v) is 14.6. The van der Waals surface area contributed by atoms with E-state index in [1.165, 1.54) is 12.1 Å². The van der Waals surface area contributed by atoms with Gasteiger partial charge in [0, 0.05) is 37.4 Å². The van der Waals surface area contributed by atoms with Crippen LogP contribution in [0.3, 0.4) is 0 Å². The maximum atomic E-state index is 13.0. The number of rotatable bonds is 2. The predicted octanol–water partition coefficient (Wildman–Crippen LogP) is 2.95. The summed E-state index contributed by atoms with van der Waals surface area (Å²) in [4.78, 5) is 18.9. The number of carbonyl (C=O) groups is 1. The van der Waals surface area contributed by atoms with Gasteiger partial charge in [0.05, 0.1) is 5.92 Å². The lowest BCUT2D eigenvalue weighted by atomic mass is 9.72. The normalized spacial score (nSPS) is 21.9. The number of nitrogens with zero attached hydrogens (tertiary/aromatic N) is 3. The summed E-state index contributed by atoms with van der Waals surface area (Å²) in [5.74, 6) is 0.835. The molecule has 4 rings (SSSR count). The number of aromatic nitrogens is 2. The maximum absolute atomic E-state index is 13.0. The van der Waals surface area contributed by atoms with Crippen LogP contribution in [0.2, 0.25) is 0 Å². The van der Waals surface area contributed by atoms with Crippen LogP contribution in [-0.2, 0) is 4.74 Å². The zero-order chi connectivity index (χ0) is 18.1. The van der Waals surface area contributed by atoms with Crippen molar-refractivity contribution in [2.24, 2.45) is 5.41 Å². The second kappa shape index (κ2) is 6.68. The summed E-state index contributed by atoms with van der Waals surface area (Å²) < 4.78 is 24.0. The Morgan fingerprint density at radius 2 is 2.04 bits per heavy atom. The molecular formula is C18H21FN4O3. The van der Waals surface area contributed by atoms with Crippen LogP contribution in [0, 0.1) is 18.2 Å². The summed E-state index contributed by atoms with van der Waals surface area (Å²) in [6.07, 6.45) is 1.69. The molecule has 2 fully saturated rings.